The third-order valence-electron chi connectivity index (χ3n) is 28.2. The van der Waals surface area contributed by atoms with Crippen LogP contribution >= 0.6 is 0 Å². The van der Waals surface area contributed by atoms with Crippen LogP contribution in [0.25, 0.3) is 0 Å². The maximum Gasteiger partial charge on any atom is 0.270 e. The van der Waals surface area contributed by atoms with Crippen molar-refractivity contribution in [1.29, 1.82) is 0 Å². The van der Waals surface area contributed by atoms with Gasteiger partial charge in [-0.3, -0.25) is 57.5 Å². The number of nitrogens with one attached hydrogen (secondary N) is 4. The lowest BCUT2D eigenvalue weighted by molar-refractivity contribution is 0.0688. The van der Waals surface area contributed by atoms with Gasteiger partial charge >= 0.3 is 0 Å². The number of hydrogen-bond acceptors (Lipinski definition) is 24. The summed E-state index contributed by atoms with van der Waals surface area (Å²) in [6.07, 6.45) is 4.42. The lowest BCUT2D eigenvalue weighted by Gasteiger charge is -2.33. The number of sulfone groups is 4. The van der Waals surface area contributed by atoms with Crippen molar-refractivity contribution in [2.45, 2.75) is 225 Å². The highest BCUT2D eigenvalue weighted by molar-refractivity contribution is 7.94. The number of nitrogens with zero attached hydrogens (tertiary/aromatic N) is 8. The van der Waals surface area contributed by atoms with E-state index in [1.165, 1.54) is 86.4 Å². The molecule has 4 aromatic carbocycles. The SMILES string of the molecule is Cc1ccc(CNC(=O)c2ccc3n(c2=O)CCN(CC2(S(=O)(=O)C(C)CCO)CC2)C3=O)cc1.Cc1ccc(CNC(=O)c2ccc3n(c2=O)CCN(CC2(S(=O)(=O)C(C)CCO)CC2)C3=O)cc1.Cc1ccc(CNC(=O)c2ccc3n(c2=O)CCN(CC2(S(=O)(=O)[C@@H](C)CCO)CC2)C3=O)cc1.Cc1ccc(CNC(=O)c2ccc3n(c2=O)CCN(CC2(S(=O)(=O)[C@H](C)CCO)CC2)C3=O)cc1. The van der Waals surface area contributed by atoms with Crippen molar-refractivity contribution in [2.24, 2.45) is 0 Å². The predicted molar refractivity (Wildman–Crippen MR) is 524 cm³/mol. The van der Waals surface area contributed by atoms with Crippen molar-refractivity contribution < 1.29 is 92.5 Å². The number of aryl methyl sites for hydroxylation is 4. The molecule has 4 aromatic heterocycles. The van der Waals surface area contributed by atoms with E-state index in [-0.39, 0.29) is 202 Å². The molecule has 4 atom stereocenters. The zero-order valence-electron chi connectivity index (χ0n) is 80.0. The molecular formula is C100H124N12O24S4. The lowest BCUT2D eigenvalue weighted by Crippen LogP contribution is -2.50. The van der Waals surface area contributed by atoms with Crippen LogP contribution in [0.5, 0.6) is 0 Å². The number of aliphatic hydroxyl groups is 4. The molecule has 16 rings (SSSR count). The van der Waals surface area contributed by atoms with Crippen molar-refractivity contribution in [3.05, 3.63) is 277 Å². The summed E-state index contributed by atoms with van der Waals surface area (Å²) in [6, 6.07) is 42.0. The second-order valence-corrected chi connectivity index (χ2v) is 49.2. The van der Waals surface area contributed by atoms with Crippen LogP contribution in [0.1, 0.15) is 233 Å². The molecule has 8 N–H and O–H groups in total. The first-order valence-corrected chi connectivity index (χ1v) is 53.4. The maximum absolute atomic E-state index is 13.1. The van der Waals surface area contributed by atoms with E-state index < -0.39 is 149 Å². The van der Waals surface area contributed by atoms with Gasteiger partial charge in [0.2, 0.25) is 0 Å². The van der Waals surface area contributed by atoms with Gasteiger partial charge in [-0.25, -0.2) is 33.7 Å². The third-order valence-corrected chi connectivity index (χ3v) is 40.4. The van der Waals surface area contributed by atoms with Crippen LogP contribution in [-0.4, -0.2) is 258 Å². The molecular weight excluding hydrogens is 1880 g/mol. The van der Waals surface area contributed by atoms with Crippen molar-refractivity contribution in [1.82, 2.24) is 59.1 Å². The first-order chi connectivity index (χ1) is 66.4. The number of hydrogen-bond donors (Lipinski definition) is 8. The molecule has 40 heteroatoms. The van der Waals surface area contributed by atoms with E-state index in [1.807, 2.05) is 125 Å². The molecule has 8 heterocycles. The molecule has 4 aliphatic heterocycles. The Morgan fingerprint density at radius 1 is 0.279 bits per heavy atom. The van der Waals surface area contributed by atoms with Crippen LogP contribution < -0.4 is 43.5 Å². The second kappa shape index (κ2) is 43.3. The number of carbonyl (C=O) groups excluding carboxylic acids is 8. The van der Waals surface area contributed by atoms with Crippen LogP contribution in [0, 0.1) is 27.7 Å². The van der Waals surface area contributed by atoms with Gasteiger partial charge in [0.25, 0.3) is 69.5 Å². The predicted octanol–water partition coefficient (Wildman–Crippen LogP) is 5.04. The highest BCUT2D eigenvalue weighted by Gasteiger charge is 2.61. The first-order valence-electron chi connectivity index (χ1n) is 47.2. The summed E-state index contributed by atoms with van der Waals surface area (Å²) >= 11 is 0. The summed E-state index contributed by atoms with van der Waals surface area (Å²) in [6.45, 7) is 16.2. The highest BCUT2D eigenvalue weighted by atomic mass is 32.2. The number of rotatable bonds is 36. The summed E-state index contributed by atoms with van der Waals surface area (Å²) < 4.78 is 106. The molecule has 36 nitrogen and oxygen atoms in total. The summed E-state index contributed by atoms with van der Waals surface area (Å²) in [7, 11) is -14.1. The van der Waals surface area contributed by atoms with E-state index >= 15 is 0 Å². The number of benzene rings is 4. The fourth-order valence-corrected chi connectivity index (χ4v) is 27.4. The summed E-state index contributed by atoms with van der Waals surface area (Å²) in [5.74, 6) is -3.73. The minimum absolute atomic E-state index is 0.0406. The normalized spacial score (nSPS) is 17.6. The van der Waals surface area contributed by atoms with E-state index in [2.05, 4.69) is 21.3 Å². The highest BCUT2D eigenvalue weighted by Crippen LogP contribution is 2.51. The largest absolute Gasteiger partial charge is 0.396 e. The molecule has 0 radical (unpaired) electrons. The van der Waals surface area contributed by atoms with Gasteiger partial charge < -0.3 is 79.6 Å². The molecule has 140 heavy (non-hydrogen) atoms. The van der Waals surface area contributed by atoms with Gasteiger partial charge in [-0.15, -0.1) is 0 Å². The molecule has 4 saturated carbocycles. The van der Waals surface area contributed by atoms with Gasteiger partial charge in [0.15, 0.2) is 39.3 Å². The monoisotopic (exact) mass is 2000 g/mol. The number of fused-ring (bicyclic) bond motifs is 4. The van der Waals surface area contributed by atoms with Crippen LogP contribution in [0.15, 0.2) is 165 Å². The van der Waals surface area contributed by atoms with Crippen molar-refractivity contribution in [3.63, 3.8) is 0 Å². The molecule has 0 saturated heterocycles. The maximum atomic E-state index is 13.1. The second-order valence-electron chi connectivity index (χ2n) is 38.1. The smallest absolute Gasteiger partial charge is 0.270 e. The fourth-order valence-electron chi connectivity index (χ4n) is 18.2. The Kier molecular flexibility index (Phi) is 32.6. The number of pyridine rings is 4. The van der Waals surface area contributed by atoms with Gasteiger partial charge in [-0.2, -0.15) is 0 Å². The molecule has 0 spiro atoms. The van der Waals surface area contributed by atoms with Gasteiger partial charge in [0, 0.05) is 131 Å². The number of aromatic nitrogens is 4. The van der Waals surface area contributed by atoms with Crippen molar-refractivity contribution >= 4 is 86.6 Å². The Morgan fingerprint density at radius 2 is 0.450 bits per heavy atom. The standard InChI is InChI=1S/4C25H31N3O6S/c4*1-17-3-5-19(6-4-17)15-26-22(30)20-7-8-21-24(32)27(12-13-28(21)23(20)31)16-25(10-11-25)35(33,34)18(2)9-14-29/h4*3-8,18,29H,9-16H2,1-2H3,(H,26,30)/t2*18-;;/m10../s1. The molecule has 8 aliphatic rings. The van der Waals surface area contributed by atoms with Gasteiger partial charge in [-0.1, -0.05) is 119 Å². The van der Waals surface area contributed by atoms with Crippen LogP contribution in [-0.2, 0) is 91.7 Å². The third kappa shape index (κ3) is 22.5. The molecule has 4 fully saturated rings. The summed E-state index contributed by atoms with van der Waals surface area (Å²) in [4.78, 5) is 161. The van der Waals surface area contributed by atoms with Crippen LogP contribution in [0.4, 0.5) is 0 Å². The zero-order chi connectivity index (χ0) is 102. The topological polar surface area (TPSA) is 503 Å². The summed E-state index contributed by atoms with van der Waals surface area (Å²) in [5.41, 5.74) is 6.33. The molecule has 2 unspecified atom stereocenters. The average molecular weight is 2010 g/mol. The van der Waals surface area contributed by atoms with E-state index in [4.69, 9.17) is 20.4 Å². The van der Waals surface area contributed by atoms with E-state index in [0.717, 1.165) is 44.5 Å². The first kappa shape index (κ1) is 105. The fraction of sp³-hybridized carbons (Fsp3) is 0.480. The molecule has 8 aromatic rings. The van der Waals surface area contributed by atoms with E-state index in [1.54, 1.807) is 27.7 Å². The van der Waals surface area contributed by atoms with Crippen molar-refractivity contribution in [2.75, 3.05) is 78.8 Å². The van der Waals surface area contributed by atoms with Crippen LogP contribution in [0.2, 0.25) is 0 Å². The molecule has 8 amide bonds. The minimum atomic E-state index is -3.52. The zero-order valence-corrected chi connectivity index (χ0v) is 83.2. The minimum Gasteiger partial charge on any atom is -0.396 e. The number of aliphatic hydroxyl groups excluding tert-OH is 4. The Labute approximate surface area is 813 Å². The Balaban J connectivity index is 0.000000157. The number of carbonyl (C=O) groups is 8. The lowest BCUT2D eigenvalue weighted by atomic mass is 10.1. The summed E-state index contributed by atoms with van der Waals surface area (Å²) in [5, 5.41) is 44.9. The Hall–Kier alpha value is -11.9. The Morgan fingerprint density at radius 3 is 0.607 bits per heavy atom. The van der Waals surface area contributed by atoms with Gasteiger partial charge in [0.05, 0.1) is 40.0 Å². The van der Waals surface area contributed by atoms with Crippen LogP contribution in [0.3, 0.4) is 0 Å². The van der Waals surface area contributed by atoms with Gasteiger partial charge in [-0.05, 0) is 203 Å². The quantitative estimate of drug-likeness (QED) is 0.0255. The Bertz CT molecular complexity index is 5990. The van der Waals surface area contributed by atoms with Crippen molar-refractivity contribution in [3.8, 4) is 0 Å². The average Bonchev–Trinajstić information content (AvgIpc) is 1.58. The number of amides is 8. The molecule has 752 valence electrons. The van der Waals surface area contributed by atoms with Gasteiger partial charge in [0.1, 0.15) is 45.0 Å². The van der Waals surface area contributed by atoms with E-state index in [9.17, 15) is 91.2 Å². The van der Waals surface area contributed by atoms with E-state index in [0.29, 0.717) is 51.4 Å². The molecule has 4 aliphatic carbocycles. The molecule has 0 bridgehead atoms.